The van der Waals surface area contributed by atoms with Crippen LogP contribution in [0.4, 0.5) is 5.69 Å². The van der Waals surface area contributed by atoms with Crippen molar-refractivity contribution in [3.8, 4) is 0 Å². The van der Waals surface area contributed by atoms with Crippen LogP contribution < -0.4 is 16.8 Å². The molecular formula is C39H45ClN6O5. The molecule has 2 aliphatic heterocycles. The summed E-state index contributed by atoms with van der Waals surface area (Å²) in [6.07, 6.45) is 4.52. The number of fused-ring (bicyclic) bond motifs is 1. The van der Waals surface area contributed by atoms with E-state index in [0.717, 1.165) is 49.9 Å². The number of piperidine rings is 1. The van der Waals surface area contributed by atoms with E-state index in [1.165, 1.54) is 0 Å². The molecule has 3 atom stereocenters. The van der Waals surface area contributed by atoms with E-state index in [1.54, 1.807) is 29.2 Å². The fraction of sp³-hybridized carbons (Fsp3) is 0.410. The van der Waals surface area contributed by atoms with Crippen LogP contribution in [0.1, 0.15) is 66.8 Å². The number of ketones is 2. The van der Waals surface area contributed by atoms with Crippen LogP contribution in [0.2, 0.25) is 5.02 Å². The lowest BCUT2D eigenvalue weighted by Gasteiger charge is -2.26. The lowest BCUT2D eigenvalue weighted by Crippen LogP contribution is -2.41. The Morgan fingerprint density at radius 1 is 1.00 bits per heavy atom. The number of likely N-dealkylation sites (tertiary alicyclic amines) is 1. The van der Waals surface area contributed by atoms with Crippen molar-refractivity contribution >= 4 is 51.8 Å². The molecule has 0 aliphatic carbocycles. The summed E-state index contributed by atoms with van der Waals surface area (Å²) in [5.74, 6) is -0.908. The van der Waals surface area contributed by atoms with Crippen molar-refractivity contribution < 1.29 is 23.5 Å². The number of hydrogen-bond donors (Lipinski definition) is 3. The zero-order valence-electron chi connectivity index (χ0n) is 28.6. The van der Waals surface area contributed by atoms with Crippen LogP contribution in [-0.2, 0) is 27.4 Å². The molecular weight excluding hydrogens is 668 g/mol. The van der Waals surface area contributed by atoms with E-state index in [2.05, 4.69) is 15.3 Å². The number of nitrogens with zero attached hydrogens (tertiary/aromatic N) is 3. The van der Waals surface area contributed by atoms with E-state index in [-0.39, 0.29) is 48.3 Å². The maximum atomic E-state index is 14.3. The Morgan fingerprint density at radius 2 is 1.73 bits per heavy atom. The van der Waals surface area contributed by atoms with Gasteiger partial charge in [0.15, 0.2) is 17.3 Å². The average molecular weight is 713 g/mol. The number of rotatable bonds is 15. The topological polar surface area (TPSA) is 166 Å². The molecule has 2 saturated heterocycles. The molecule has 268 valence electrons. The highest BCUT2D eigenvalue weighted by atomic mass is 35.5. The lowest BCUT2D eigenvalue weighted by atomic mass is 9.88. The first-order valence-electron chi connectivity index (χ1n) is 17.7. The number of guanidine groups is 1. The molecule has 0 spiro atoms. The average Bonchev–Trinajstić information content (AvgIpc) is 3.77. The van der Waals surface area contributed by atoms with Gasteiger partial charge >= 0.3 is 0 Å². The van der Waals surface area contributed by atoms with Crippen LogP contribution in [0.25, 0.3) is 11.1 Å². The molecule has 11 nitrogen and oxygen atoms in total. The second-order valence-electron chi connectivity index (χ2n) is 13.6. The maximum Gasteiger partial charge on any atom is 0.264 e. The van der Waals surface area contributed by atoms with Gasteiger partial charge in [0.05, 0.1) is 24.4 Å². The summed E-state index contributed by atoms with van der Waals surface area (Å²) in [4.78, 5) is 52.3. The quantitative estimate of drug-likeness (QED) is 0.0791. The van der Waals surface area contributed by atoms with Gasteiger partial charge in [-0.25, -0.2) is 9.98 Å². The number of aromatic nitrogens is 1. The monoisotopic (exact) mass is 712 g/mol. The number of halogens is 1. The molecule has 2 fully saturated rings. The number of amides is 1. The van der Waals surface area contributed by atoms with Crippen LogP contribution in [0.3, 0.4) is 0 Å². The first-order valence-corrected chi connectivity index (χ1v) is 18.1. The third-order valence-electron chi connectivity index (χ3n) is 9.82. The molecule has 0 bridgehead atoms. The number of aliphatic imine (C=N–C) groups is 1. The minimum absolute atomic E-state index is 0.0485. The van der Waals surface area contributed by atoms with Gasteiger partial charge in [-0.05, 0) is 98.6 Å². The smallest absolute Gasteiger partial charge is 0.264 e. The molecule has 2 aliphatic rings. The molecule has 0 unspecified atom stereocenters. The SMILES string of the molecule is NC(N)=Nc1ccc(C[C@H](CC(=O)[C@@H]2C[C@@H](OCc3ccc(Cl)cc3)CN2C(=O)CCCC2CCNCC2)C(=O)c2nc3ccccc3o2)cc1. The van der Waals surface area contributed by atoms with Gasteiger partial charge in [-0.1, -0.05) is 48.0 Å². The Hall–Kier alpha value is -4.58. The summed E-state index contributed by atoms with van der Waals surface area (Å²) in [6, 6.07) is 21.0. The van der Waals surface area contributed by atoms with E-state index >= 15 is 0 Å². The van der Waals surface area contributed by atoms with Crippen molar-refractivity contribution in [1.82, 2.24) is 15.2 Å². The van der Waals surface area contributed by atoms with Crippen LogP contribution in [0.5, 0.6) is 0 Å². The van der Waals surface area contributed by atoms with Gasteiger partial charge in [-0.15, -0.1) is 0 Å². The van der Waals surface area contributed by atoms with E-state index in [1.807, 2.05) is 48.5 Å². The number of para-hydroxylation sites is 2. The summed E-state index contributed by atoms with van der Waals surface area (Å²) in [7, 11) is 0. The lowest BCUT2D eigenvalue weighted by molar-refractivity contribution is -0.138. The van der Waals surface area contributed by atoms with E-state index in [4.69, 9.17) is 32.2 Å². The highest BCUT2D eigenvalue weighted by Crippen LogP contribution is 2.29. The van der Waals surface area contributed by atoms with E-state index in [0.29, 0.717) is 53.7 Å². The molecule has 1 aromatic heterocycles. The van der Waals surface area contributed by atoms with E-state index < -0.39 is 12.0 Å². The Bertz CT molecular complexity index is 1800. The number of nitrogens with two attached hydrogens (primary N) is 2. The summed E-state index contributed by atoms with van der Waals surface area (Å²) in [6.45, 7) is 2.66. The van der Waals surface area contributed by atoms with Crippen molar-refractivity contribution in [2.75, 3.05) is 19.6 Å². The number of ether oxygens (including phenoxy) is 1. The molecule has 4 aromatic rings. The number of oxazole rings is 1. The number of benzene rings is 3. The Morgan fingerprint density at radius 3 is 2.45 bits per heavy atom. The van der Waals surface area contributed by atoms with Crippen molar-refractivity contribution in [1.29, 1.82) is 0 Å². The molecule has 12 heteroatoms. The zero-order chi connectivity index (χ0) is 35.7. The van der Waals surface area contributed by atoms with Gasteiger partial charge in [-0.3, -0.25) is 14.4 Å². The molecule has 51 heavy (non-hydrogen) atoms. The molecule has 3 heterocycles. The minimum Gasteiger partial charge on any atom is -0.434 e. The van der Waals surface area contributed by atoms with Gasteiger partial charge in [0.25, 0.3) is 5.89 Å². The van der Waals surface area contributed by atoms with Crippen LogP contribution in [0.15, 0.2) is 82.2 Å². The van der Waals surface area contributed by atoms with Gasteiger partial charge < -0.3 is 30.8 Å². The second-order valence-corrected chi connectivity index (χ2v) is 14.0. The third kappa shape index (κ3) is 9.81. The molecule has 3 aromatic carbocycles. The molecule has 0 saturated carbocycles. The van der Waals surface area contributed by atoms with Gasteiger partial charge in [-0.2, -0.15) is 0 Å². The summed E-state index contributed by atoms with van der Waals surface area (Å²) >= 11 is 6.06. The van der Waals surface area contributed by atoms with Gasteiger partial charge in [0.1, 0.15) is 5.52 Å². The van der Waals surface area contributed by atoms with Crippen molar-refractivity contribution in [3.63, 3.8) is 0 Å². The van der Waals surface area contributed by atoms with Gasteiger partial charge in [0, 0.05) is 36.7 Å². The maximum absolute atomic E-state index is 14.3. The number of nitrogens with one attached hydrogen (secondary N) is 1. The first-order chi connectivity index (χ1) is 24.7. The number of carbonyl (C=O) groups is 3. The summed E-state index contributed by atoms with van der Waals surface area (Å²) < 4.78 is 12.1. The molecule has 1 amide bonds. The largest absolute Gasteiger partial charge is 0.434 e. The standard InChI is InChI=1S/C39H45ClN6O5/c40-29-12-8-27(9-13-29)24-50-31-22-33(46(23-31)36(48)7-3-4-25-16-18-43-19-17-25)34(47)21-28(20-26-10-14-30(15-11-26)44-39(41)42)37(49)38-45-32-5-1-2-6-35(32)51-38/h1-2,5-6,8-15,25,28,31,33,43H,3-4,7,16-24H2,(H4,41,42,44)/t28-,31-,33+/m1/s1. The van der Waals surface area contributed by atoms with Crippen molar-refractivity contribution in [2.45, 2.75) is 70.1 Å². The Labute approximate surface area is 302 Å². The molecule has 0 radical (unpaired) electrons. The fourth-order valence-corrected chi connectivity index (χ4v) is 7.20. The predicted octanol–water partition coefficient (Wildman–Crippen LogP) is 5.74. The number of Topliss-reactive ketones (excluding diaryl/α,β-unsaturated/α-hetero) is 2. The van der Waals surface area contributed by atoms with Crippen LogP contribution in [-0.4, -0.2) is 65.1 Å². The van der Waals surface area contributed by atoms with Crippen molar-refractivity contribution in [3.05, 3.63) is 94.8 Å². The molecule has 5 N–H and O–H groups in total. The van der Waals surface area contributed by atoms with Crippen molar-refractivity contribution in [2.24, 2.45) is 28.3 Å². The highest BCUT2D eigenvalue weighted by Gasteiger charge is 2.41. The summed E-state index contributed by atoms with van der Waals surface area (Å²) in [5, 5.41) is 4.03. The normalized spacial score (nSPS) is 18.5. The Balaban J connectivity index is 1.20. The predicted molar refractivity (Wildman–Crippen MR) is 197 cm³/mol. The van der Waals surface area contributed by atoms with Crippen LogP contribution in [0, 0.1) is 11.8 Å². The number of hydrogen-bond acceptors (Lipinski definition) is 8. The number of carbonyl (C=O) groups excluding carboxylic acids is 3. The zero-order valence-corrected chi connectivity index (χ0v) is 29.4. The van der Waals surface area contributed by atoms with E-state index in [9.17, 15) is 14.4 Å². The third-order valence-corrected chi connectivity index (χ3v) is 10.1. The Kier molecular flexibility index (Phi) is 12.1. The molecule has 6 rings (SSSR count). The second kappa shape index (κ2) is 17.1. The first kappa shape index (κ1) is 36.2. The minimum atomic E-state index is -0.787. The summed E-state index contributed by atoms with van der Waals surface area (Å²) in [5.41, 5.74) is 14.5. The van der Waals surface area contributed by atoms with Gasteiger partial charge in [0.2, 0.25) is 11.7 Å². The highest BCUT2D eigenvalue weighted by molar-refractivity contribution is 6.30. The van der Waals surface area contributed by atoms with Crippen LogP contribution >= 0.6 is 11.6 Å². The fourth-order valence-electron chi connectivity index (χ4n) is 7.08.